The molecule has 0 aromatic rings. The minimum Gasteiger partial charge on any atom is -0.368 e. The lowest BCUT2D eigenvalue weighted by Gasteiger charge is -2.40. The minimum absolute atomic E-state index is 0.209. The van der Waals surface area contributed by atoms with E-state index in [1.54, 1.807) is 0 Å². The fourth-order valence-electron chi connectivity index (χ4n) is 2.01. The summed E-state index contributed by atoms with van der Waals surface area (Å²) in [5, 5.41) is 3.31. The second-order valence-electron chi connectivity index (χ2n) is 4.55. The second kappa shape index (κ2) is 4.28. The van der Waals surface area contributed by atoms with E-state index >= 15 is 0 Å². The Bertz CT molecular complexity index is 207. The van der Waals surface area contributed by atoms with Crippen molar-refractivity contribution in [3.63, 3.8) is 0 Å². The minimum atomic E-state index is -0.472. The van der Waals surface area contributed by atoms with Crippen molar-refractivity contribution >= 4 is 5.91 Å². The predicted molar refractivity (Wildman–Crippen MR) is 56.9 cm³/mol. The first-order chi connectivity index (χ1) is 6.46. The molecule has 0 atom stereocenters. The molecule has 4 nitrogen and oxygen atoms in total. The van der Waals surface area contributed by atoms with E-state index in [2.05, 4.69) is 17.3 Å². The van der Waals surface area contributed by atoms with Crippen LogP contribution in [0.25, 0.3) is 0 Å². The summed E-state index contributed by atoms with van der Waals surface area (Å²) in [5.74, 6) is -0.209. The van der Waals surface area contributed by atoms with Gasteiger partial charge in [0.25, 0.3) is 0 Å². The molecule has 0 bridgehead atoms. The smallest absolute Gasteiger partial charge is 0.237 e. The SMILES string of the molecule is CC(C)NC1(C(N)=O)CCN(C)CC1. The van der Waals surface area contributed by atoms with Crippen LogP contribution in [0.2, 0.25) is 0 Å². The highest BCUT2D eigenvalue weighted by atomic mass is 16.1. The lowest BCUT2D eigenvalue weighted by atomic mass is 9.86. The third-order valence-corrected chi connectivity index (χ3v) is 2.88. The molecule has 1 aliphatic heterocycles. The summed E-state index contributed by atoms with van der Waals surface area (Å²) in [6.45, 7) is 5.96. The largest absolute Gasteiger partial charge is 0.368 e. The van der Waals surface area contributed by atoms with Crippen LogP contribution in [0.5, 0.6) is 0 Å². The molecule has 4 heteroatoms. The summed E-state index contributed by atoms with van der Waals surface area (Å²) in [6, 6.07) is 0.297. The maximum Gasteiger partial charge on any atom is 0.237 e. The number of hydrogen-bond acceptors (Lipinski definition) is 3. The van der Waals surface area contributed by atoms with Crippen LogP contribution < -0.4 is 11.1 Å². The number of carbonyl (C=O) groups excluding carboxylic acids is 1. The molecule has 1 rings (SSSR count). The standard InChI is InChI=1S/C10H21N3O/c1-8(2)12-10(9(11)14)4-6-13(3)7-5-10/h8,12H,4-7H2,1-3H3,(H2,11,14). The van der Waals surface area contributed by atoms with Crippen LogP contribution in [0.1, 0.15) is 26.7 Å². The second-order valence-corrected chi connectivity index (χ2v) is 4.55. The van der Waals surface area contributed by atoms with E-state index in [1.165, 1.54) is 0 Å². The van der Waals surface area contributed by atoms with Gasteiger partial charge in [-0.3, -0.25) is 4.79 Å². The topological polar surface area (TPSA) is 58.4 Å². The molecule has 1 amide bonds. The van der Waals surface area contributed by atoms with E-state index in [0.29, 0.717) is 6.04 Å². The van der Waals surface area contributed by atoms with Gasteiger partial charge in [0.05, 0.1) is 0 Å². The Balaban J connectivity index is 2.68. The molecule has 3 N–H and O–H groups in total. The Labute approximate surface area is 85.8 Å². The van der Waals surface area contributed by atoms with Gasteiger partial charge in [-0.2, -0.15) is 0 Å². The lowest BCUT2D eigenvalue weighted by Crippen LogP contribution is -2.62. The lowest BCUT2D eigenvalue weighted by molar-refractivity contribution is -0.126. The van der Waals surface area contributed by atoms with Crippen molar-refractivity contribution in [3.05, 3.63) is 0 Å². The van der Waals surface area contributed by atoms with Crippen LogP contribution in [-0.2, 0) is 4.79 Å². The molecule has 0 saturated carbocycles. The van der Waals surface area contributed by atoms with E-state index in [9.17, 15) is 4.79 Å². The molecule has 1 aliphatic rings. The molecule has 0 aromatic carbocycles. The van der Waals surface area contributed by atoms with Gasteiger partial charge in [0.1, 0.15) is 5.54 Å². The number of nitrogens with two attached hydrogens (primary N) is 1. The zero-order valence-corrected chi connectivity index (χ0v) is 9.34. The number of nitrogens with zero attached hydrogens (tertiary/aromatic N) is 1. The molecule has 0 aliphatic carbocycles. The van der Waals surface area contributed by atoms with Crippen LogP contribution in [0.15, 0.2) is 0 Å². The van der Waals surface area contributed by atoms with Gasteiger partial charge in [-0.15, -0.1) is 0 Å². The summed E-state index contributed by atoms with van der Waals surface area (Å²) in [5.41, 5.74) is 5.00. The fourth-order valence-corrected chi connectivity index (χ4v) is 2.01. The monoisotopic (exact) mass is 199 g/mol. The van der Waals surface area contributed by atoms with Crippen molar-refractivity contribution in [1.82, 2.24) is 10.2 Å². The van der Waals surface area contributed by atoms with Crippen LogP contribution in [0.4, 0.5) is 0 Å². The van der Waals surface area contributed by atoms with E-state index in [0.717, 1.165) is 25.9 Å². The molecule has 0 spiro atoms. The molecule has 0 radical (unpaired) electrons. The van der Waals surface area contributed by atoms with Crippen molar-refractivity contribution in [2.45, 2.75) is 38.3 Å². The number of carbonyl (C=O) groups is 1. The summed E-state index contributed by atoms with van der Waals surface area (Å²) >= 11 is 0. The maximum atomic E-state index is 11.5. The first kappa shape index (κ1) is 11.5. The van der Waals surface area contributed by atoms with E-state index in [-0.39, 0.29) is 5.91 Å². The number of nitrogens with one attached hydrogen (secondary N) is 1. The number of likely N-dealkylation sites (tertiary alicyclic amines) is 1. The molecule has 1 saturated heterocycles. The predicted octanol–water partition coefficient (Wildman–Crippen LogP) is -0.0659. The Morgan fingerprint density at radius 2 is 1.93 bits per heavy atom. The number of piperidine rings is 1. The summed E-state index contributed by atoms with van der Waals surface area (Å²) in [4.78, 5) is 13.7. The van der Waals surface area contributed by atoms with Crippen molar-refractivity contribution < 1.29 is 4.79 Å². The zero-order valence-electron chi connectivity index (χ0n) is 9.34. The summed E-state index contributed by atoms with van der Waals surface area (Å²) in [7, 11) is 2.07. The quantitative estimate of drug-likeness (QED) is 0.669. The van der Waals surface area contributed by atoms with Crippen molar-refractivity contribution in [2.75, 3.05) is 20.1 Å². The third kappa shape index (κ3) is 2.45. The Kier molecular flexibility index (Phi) is 3.50. The van der Waals surface area contributed by atoms with Gasteiger partial charge in [-0.05, 0) is 33.7 Å². The van der Waals surface area contributed by atoms with Crippen LogP contribution in [0, 0.1) is 0 Å². The van der Waals surface area contributed by atoms with Crippen molar-refractivity contribution in [3.8, 4) is 0 Å². The van der Waals surface area contributed by atoms with E-state index < -0.39 is 5.54 Å². The number of hydrogen-bond donors (Lipinski definition) is 2. The molecule has 0 unspecified atom stereocenters. The molecule has 82 valence electrons. The highest BCUT2D eigenvalue weighted by molar-refractivity contribution is 5.84. The number of primary amides is 1. The third-order valence-electron chi connectivity index (χ3n) is 2.88. The van der Waals surface area contributed by atoms with Crippen LogP contribution in [0.3, 0.4) is 0 Å². The Morgan fingerprint density at radius 3 is 2.29 bits per heavy atom. The maximum absolute atomic E-state index is 11.5. The van der Waals surface area contributed by atoms with Crippen LogP contribution in [-0.4, -0.2) is 42.5 Å². The fraction of sp³-hybridized carbons (Fsp3) is 0.900. The highest BCUT2D eigenvalue weighted by Crippen LogP contribution is 2.21. The number of amides is 1. The van der Waals surface area contributed by atoms with Gasteiger partial charge in [-0.25, -0.2) is 0 Å². The van der Waals surface area contributed by atoms with Gasteiger partial charge in [0, 0.05) is 19.1 Å². The van der Waals surface area contributed by atoms with Gasteiger partial charge < -0.3 is 16.0 Å². The molecule has 1 fully saturated rings. The van der Waals surface area contributed by atoms with Crippen molar-refractivity contribution in [2.24, 2.45) is 5.73 Å². The normalized spacial score (nSPS) is 22.6. The van der Waals surface area contributed by atoms with Crippen LogP contribution >= 0.6 is 0 Å². The van der Waals surface area contributed by atoms with E-state index in [4.69, 9.17) is 5.73 Å². The molecule has 14 heavy (non-hydrogen) atoms. The zero-order chi connectivity index (χ0) is 10.8. The van der Waals surface area contributed by atoms with Gasteiger partial charge >= 0.3 is 0 Å². The van der Waals surface area contributed by atoms with Crippen molar-refractivity contribution in [1.29, 1.82) is 0 Å². The van der Waals surface area contributed by atoms with Gasteiger partial charge in [0.2, 0.25) is 5.91 Å². The summed E-state index contributed by atoms with van der Waals surface area (Å²) in [6.07, 6.45) is 1.63. The average molecular weight is 199 g/mol. The first-order valence-corrected chi connectivity index (χ1v) is 5.22. The van der Waals surface area contributed by atoms with E-state index in [1.807, 2.05) is 13.8 Å². The Hall–Kier alpha value is -0.610. The summed E-state index contributed by atoms with van der Waals surface area (Å²) < 4.78 is 0. The molecule has 0 aromatic heterocycles. The van der Waals surface area contributed by atoms with Gasteiger partial charge in [-0.1, -0.05) is 0 Å². The molecule has 1 heterocycles. The van der Waals surface area contributed by atoms with Gasteiger partial charge in [0.15, 0.2) is 0 Å². The Morgan fingerprint density at radius 1 is 1.43 bits per heavy atom. The molecular weight excluding hydrogens is 178 g/mol. The molecular formula is C10H21N3O. The average Bonchev–Trinajstić information content (AvgIpc) is 2.08. The first-order valence-electron chi connectivity index (χ1n) is 5.22. The highest BCUT2D eigenvalue weighted by Gasteiger charge is 2.39. The number of rotatable bonds is 3.